The van der Waals surface area contributed by atoms with Gasteiger partial charge < -0.3 is 4.90 Å². The second-order valence-electron chi connectivity index (χ2n) is 4.63. The van der Waals surface area contributed by atoms with E-state index in [1.807, 2.05) is 36.7 Å². The molecule has 2 aromatic rings. The minimum absolute atomic E-state index is 0.218. The molecule has 0 aliphatic carbocycles. The number of nitrogens with zero attached hydrogens (tertiary/aromatic N) is 3. The molecule has 0 bridgehead atoms. The SMILES string of the molecule is Cc1nn(C)c(N(C)Cc2cccc(F)c2)c1CCl. The Morgan fingerprint density at radius 2 is 2.16 bits per heavy atom. The maximum Gasteiger partial charge on any atom is 0.131 e. The van der Waals surface area contributed by atoms with Crippen molar-refractivity contribution in [3.63, 3.8) is 0 Å². The van der Waals surface area contributed by atoms with Gasteiger partial charge in [-0.15, -0.1) is 11.6 Å². The minimum Gasteiger partial charge on any atom is -0.355 e. The first-order valence-electron chi connectivity index (χ1n) is 6.07. The molecule has 0 spiro atoms. The highest BCUT2D eigenvalue weighted by Crippen LogP contribution is 2.25. The third-order valence-corrected chi connectivity index (χ3v) is 3.38. The van der Waals surface area contributed by atoms with Crippen molar-refractivity contribution >= 4 is 17.4 Å². The van der Waals surface area contributed by atoms with E-state index in [0.717, 1.165) is 22.6 Å². The molecule has 0 aliphatic rings. The van der Waals surface area contributed by atoms with Crippen LogP contribution in [0.3, 0.4) is 0 Å². The van der Waals surface area contributed by atoms with E-state index >= 15 is 0 Å². The highest BCUT2D eigenvalue weighted by atomic mass is 35.5. The summed E-state index contributed by atoms with van der Waals surface area (Å²) < 4.78 is 15.0. The Kier molecular flexibility index (Phi) is 4.10. The second-order valence-corrected chi connectivity index (χ2v) is 4.90. The van der Waals surface area contributed by atoms with Gasteiger partial charge >= 0.3 is 0 Å². The van der Waals surface area contributed by atoms with Crippen molar-refractivity contribution in [3.05, 3.63) is 46.9 Å². The topological polar surface area (TPSA) is 21.1 Å². The van der Waals surface area contributed by atoms with Gasteiger partial charge in [0.2, 0.25) is 0 Å². The Balaban J connectivity index is 2.27. The fourth-order valence-corrected chi connectivity index (χ4v) is 2.62. The summed E-state index contributed by atoms with van der Waals surface area (Å²) in [5, 5.41) is 4.38. The van der Waals surface area contributed by atoms with E-state index in [1.54, 1.807) is 12.1 Å². The lowest BCUT2D eigenvalue weighted by Gasteiger charge is -2.20. The second kappa shape index (κ2) is 5.61. The molecule has 0 saturated heterocycles. The molecule has 1 aromatic heterocycles. The number of anilines is 1. The first kappa shape index (κ1) is 13.9. The summed E-state index contributed by atoms with van der Waals surface area (Å²) in [4.78, 5) is 2.03. The van der Waals surface area contributed by atoms with Gasteiger partial charge in [0, 0.05) is 26.2 Å². The van der Waals surface area contributed by atoms with Crippen LogP contribution in [0.25, 0.3) is 0 Å². The van der Waals surface area contributed by atoms with Crippen LogP contribution in [0.15, 0.2) is 24.3 Å². The maximum absolute atomic E-state index is 13.2. The van der Waals surface area contributed by atoms with E-state index in [1.165, 1.54) is 6.07 Å². The van der Waals surface area contributed by atoms with Crippen molar-refractivity contribution in [2.24, 2.45) is 7.05 Å². The fraction of sp³-hybridized carbons (Fsp3) is 0.357. The van der Waals surface area contributed by atoms with Crippen LogP contribution in [0.5, 0.6) is 0 Å². The maximum atomic E-state index is 13.2. The highest BCUT2D eigenvalue weighted by Gasteiger charge is 2.16. The quantitative estimate of drug-likeness (QED) is 0.802. The van der Waals surface area contributed by atoms with Crippen molar-refractivity contribution < 1.29 is 4.39 Å². The number of aromatic nitrogens is 2. The third-order valence-electron chi connectivity index (χ3n) is 3.12. The molecule has 5 heteroatoms. The third kappa shape index (κ3) is 2.89. The van der Waals surface area contributed by atoms with Crippen molar-refractivity contribution in [2.75, 3.05) is 11.9 Å². The van der Waals surface area contributed by atoms with Gasteiger partial charge in [0.15, 0.2) is 0 Å². The highest BCUT2D eigenvalue weighted by molar-refractivity contribution is 6.17. The molecule has 102 valence electrons. The number of benzene rings is 1. The molecule has 0 unspecified atom stereocenters. The number of halogens is 2. The minimum atomic E-state index is -0.218. The number of rotatable bonds is 4. The van der Waals surface area contributed by atoms with Gasteiger partial charge in [-0.1, -0.05) is 12.1 Å². The van der Waals surface area contributed by atoms with Gasteiger partial charge in [-0.05, 0) is 24.6 Å². The molecule has 1 aromatic carbocycles. The van der Waals surface area contributed by atoms with Crippen molar-refractivity contribution in [1.82, 2.24) is 9.78 Å². The summed E-state index contributed by atoms with van der Waals surface area (Å²) in [6.45, 7) is 2.55. The predicted octanol–water partition coefficient (Wildman–Crippen LogP) is 3.24. The first-order chi connectivity index (χ1) is 9.02. The monoisotopic (exact) mass is 281 g/mol. The smallest absolute Gasteiger partial charge is 0.131 e. The van der Waals surface area contributed by atoms with Crippen LogP contribution in [0, 0.1) is 12.7 Å². The molecule has 2 rings (SSSR count). The fourth-order valence-electron chi connectivity index (χ4n) is 2.31. The van der Waals surface area contributed by atoms with Gasteiger partial charge in [0.05, 0.1) is 11.6 Å². The summed E-state index contributed by atoms with van der Waals surface area (Å²) in [5.74, 6) is 1.17. The van der Waals surface area contributed by atoms with Gasteiger partial charge in [0.25, 0.3) is 0 Å². The van der Waals surface area contributed by atoms with E-state index in [4.69, 9.17) is 11.6 Å². The molecule has 0 aliphatic heterocycles. The van der Waals surface area contributed by atoms with Crippen LogP contribution >= 0.6 is 11.6 Å². The van der Waals surface area contributed by atoms with E-state index in [0.29, 0.717) is 12.4 Å². The Morgan fingerprint density at radius 1 is 1.42 bits per heavy atom. The van der Waals surface area contributed by atoms with Crippen LogP contribution in [-0.2, 0) is 19.5 Å². The lowest BCUT2D eigenvalue weighted by atomic mass is 10.2. The van der Waals surface area contributed by atoms with Crippen molar-refractivity contribution in [2.45, 2.75) is 19.3 Å². The molecule has 19 heavy (non-hydrogen) atoms. The summed E-state index contributed by atoms with van der Waals surface area (Å²) in [7, 11) is 3.85. The molecular weight excluding hydrogens is 265 g/mol. The Morgan fingerprint density at radius 3 is 2.79 bits per heavy atom. The molecule has 3 nitrogen and oxygen atoms in total. The average Bonchev–Trinajstić information content (AvgIpc) is 2.63. The average molecular weight is 282 g/mol. The molecule has 0 N–H and O–H groups in total. The summed E-state index contributed by atoms with van der Waals surface area (Å²) in [6, 6.07) is 6.61. The first-order valence-corrected chi connectivity index (χ1v) is 6.60. The standard InChI is InChI=1S/C14H17ClFN3/c1-10-13(8-15)14(19(3)17-10)18(2)9-11-5-4-6-12(16)7-11/h4-7H,8-9H2,1-3H3. The molecule has 0 radical (unpaired) electrons. The van der Waals surface area contributed by atoms with Crippen molar-refractivity contribution in [1.29, 1.82) is 0 Å². The lowest BCUT2D eigenvalue weighted by molar-refractivity contribution is 0.624. The molecule has 0 atom stereocenters. The van der Waals surface area contributed by atoms with Gasteiger partial charge in [-0.2, -0.15) is 5.10 Å². The van der Waals surface area contributed by atoms with Crippen molar-refractivity contribution in [3.8, 4) is 0 Å². The van der Waals surface area contributed by atoms with E-state index < -0.39 is 0 Å². The van der Waals surface area contributed by atoms with Gasteiger partial charge in [0.1, 0.15) is 11.6 Å². The lowest BCUT2D eigenvalue weighted by Crippen LogP contribution is -2.20. The number of aryl methyl sites for hydroxylation is 2. The largest absolute Gasteiger partial charge is 0.355 e. The summed E-state index contributed by atoms with van der Waals surface area (Å²) >= 11 is 5.98. The van der Waals surface area contributed by atoms with Gasteiger partial charge in [-0.25, -0.2) is 4.39 Å². The molecular formula is C14H17ClFN3. The van der Waals surface area contributed by atoms with Crippen LogP contribution < -0.4 is 4.90 Å². The van der Waals surface area contributed by atoms with Crippen LogP contribution in [0.1, 0.15) is 16.8 Å². The Labute approximate surface area is 117 Å². The normalized spacial score (nSPS) is 10.8. The number of alkyl halides is 1. The van der Waals surface area contributed by atoms with E-state index in [2.05, 4.69) is 5.10 Å². The van der Waals surface area contributed by atoms with Gasteiger partial charge in [-0.3, -0.25) is 4.68 Å². The number of hydrogen-bond acceptors (Lipinski definition) is 2. The Hall–Kier alpha value is -1.55. The summed E-state index contributed by atoms with van der Waals surface area (Å²) in [5.41, 5.74) is 2.86. The zero-order valence-corrected chi connectivity index (χ0v) is 12.1. The van der Waals surface area contributed by atoms with E-state index in [-0.39, 0.29) is 5.82 Å². The summed E-state index contributed by atoms with van der Waals surface area (Å²) in [6.07, 6.45) is 0. The number of hydrogen-bond donors (Lipinski definition) is 0. The molecule has 0 saturated carbocycles. The molecule has 0 amide bonds. The van der Waals surface area contributed by atoms with Crippen LogP contribution in [0.4, 0.5) is 10.2 Å². The zero-order chi connectivity index (χ0) is 14.0. The predicted molar refractivity (Wildman–Crippen MR) is 76.0 cm³/mol. The molecule has 1 heterocycles. The van der Waals surface area contributed by atoms with Crippen LogP contribution in [-0.4, -0.2) is 16.8 Å². The zero-order valence-electron chi connectivity index (χ0n) is 11.3. The molecule has 0 fully saturated rings. The van der Waals surface area contributed by atoms with E-state index in [9.17, 15) is 4.39 Å². The van der Waals surface area contributed by atoms with Crippen LogP contribution in [0.2, 0.25) is 0 Å². The Bertz CT molecular complexity index is 580.